The Bertz CT molecular complexity index is 731. The topological polar surface area (TPSA) is 75.1 Å². The summed E-state index contributed by atoms with van der Waals surface area (Å²) >= 11 is 0. The number of nitrogens with zero attached hydrogens (tertiary/aromatic N) is 1. The molecule has 0 aliphatic heterocycles. The lowest BCUT2D eigenvalue weighted by molar-refractivity contribution is 0.308. The molecule has 0 saturated carbocycles. The summed E-state index contributed by atoms with van der Waals surface area (Å²) in [6, 6.07) is 8.64. The first-order valence-electron chi connectivity index (χ1n) is 7.10. The number of rotatable bonds is 4. The van der Waals surface area contributed by atoms with Crippen LogP contribution in [0.4, 0.5) is 0 Å². The van der Waals surface area contributed by atoms with E-state index in [4.69, 9.17) is 0 Å². The summed E-state index contributed by atoms with van der Waals surface area (Å²) in [5.74, 6) is -0.0779. The quantitative estimate of drug-likeness (QED) is 0.907. The summed E-state index contributed by atoms with van der Waals surface area (Å²) in [5.41, 5.74) is -0.437. The Labute approximate surface area is 122 Å². The van der Waals surface area contributed by atoms with E-state index in [1.54, 1.807) is 24.3 Å². The number of H-pyrrole nitrogens is 1. The predicted octanol–water partition coefficient (Wildman–Crippen LogP) is 2.52. The number of hydrogen-bond acceptors (Lipinski definition) is 3. The van der Waals surface area contributed by atoms with Crippen LogP contribution in [0.5, 0.6) is 5.88 Å². The lowest BCUT2D eigenvalue weighted by atomic mass is 10.00. The Morgan fingerprint density at radius 2 is 1.81 bits per heavy atom. The number of nitrogens with one attached hydrogen (secondary N) is 1. The Hall–Kier alpha value is -2.30. The zero-order chi connectivity index (χ0) is 15.6. The first kappa shape index (κ1) is 15.1. The van der Waals surface area contributed by atoms with Gasteiger partial charge in [-0.2, -0.15) is 0 Å². The maximum Gasteiger partial charge on any atom is 0.331 e. The second-order valence-corrected chi connectivity index (χ2v) is 5.32. The van der Waals surface area contributed by atoms with Gasteiger partial charge in [-0.1, -0.05) is 50.6 Å². The average molecular weight is 288 g/mol. The molecule has 0 fully saturated rings. The molecule has 5 heteroatoms. The smallest absolute Gasteiger partial charge is 0.331 e. The van der Waals surface area contributed by atoms with E-state index < -0.39 is 11.2 Å². The summed E-state index contributed by atoms with van der Waals surface area (Å²) in [5, 5.41) is 10.5. The van der Waals surface area contributed by atoms with Crippen molar-refractivity contribution in [2.75, 3.05) is 0 Å². The first-order valence-corrected chi connectivity index (χ1v) is 7.10. The minimum Gasteiger partial charge on any atom is -0.494 e. The minimum atomic E-state index is -0.579. The minimum absolute atomic E-state index is 0.130. The SMILES string of the molecule is CCC(C)C(C)n1c(O)c(-c2ccccc2)c(=O)[nH]c1=O. The lowest BCUT2D eigenvalue weighted by Gasteiger charge is -2.22. The normalized spacial score (nSPS) is 13.9. The molecular weight excluding hydrogens is 268 g/mol. The molecule has 2 atom stereocenters. The van der Waals surface area contributed by atoms with Crippen molar-refractivity contribution < 1.29 is 5.11 Å². The van der Waals surface area contributed by atoms with Crippen molar-refractivity contribution in [2.24, 2.45) is 5.92 Å². The standard InChI is InChI=1S/C16H20N2O3/c1-4-10(2)11(3)18-15(20)13(14(19)17-16(18)21)12-8-6-5-7-9-12/h5-11,20H,4H2,1-3H3,(H,17,19,21). The van der Waals surface area contributed by atoms with Crippen LogP contribution < -0.4 is 11.2 Å². The van der Waals surface area contributed by atoms with Gasteiger partial charge in [0.2, 0.25) is 5.88 Å². The highest BCUT2D eigenvalue weighted by Gasteiger charge is 2.22. The number of aromatic nitrogens is 2. The molecule has 0 spiro atoms. The van der Waals surface area contributed by atoms with Gasteiger partial charge >= 0.3 is 5.69 Å². The van der Waals surface area contributed by atoms with Gasteiger partial charge in [-0.15, -0.1) is 0 Å². The second-order valence-electron chi connectivity index (χ2n) is 5.32. The van der Waals surface area contributed by atoms with Crippen molar-refractivity contribution in [3.8, 4) is 17.0 Å². The summed E-state index contributed by atoms with van der Waals surface area (Å²) in [6.45, 7) is 5.89. The zero-order valence-corrected chi connectivity index (χ0v) is 12.5. The molecule has 21 heavy (non-hydrogen) atoms. The van der Waals surface area contributed by atoms with Gasteiger partial charge < -0.3 is 5.11 Å². The van der Waals surface area contributed by atoms with Gasteiger partial charge in [0, 0.05) is 6.04 Å². The van der Waals surface area contributed by atoms with Gasteiger partial charge in [-0.3, -0.25) is 14.3 Å². The molecule has 2 aromatic rings. The van der Waals surface area contributed by atoms with Crippen molar-refractivity contribution >= 4 is 0 Å². The van der Waals surface area contributed by atoms with Crippen LogP contribution >= 0.6 is 0 Å². The predicted molar refractivity (Wildman–Crippen MR) is 82.6 cm³/mol. The average Bonchev–Trinajstić information content (AvgIpc) is 2.46. The molecule has 0 aliphatic carbocycles. The molecule has 2 rings (SSSR count). The number of aromatic hydroxyl groups is 1. The molecule has 0 amide bonds. The van der Waals surface area contributed by atoms with Gasteiger partial charge in [-0.25, -0.2) is 4.79 Å². The Morgan fingerprint density at radius 1 is 1.19 bits per heavy atom. The molecule has 2 N–H and O–H groups in total. The fourth-order valence-corrected chi connectivity index (χ4v) is 2.38. The molecule has 1 aromatic carbocycles. The maximum absolute atomic E-state index is 12.1. The van der Waals surface area contributed by atoms with E-state index in [-0.39, 0.29) is 23.4 Å². The van der Waals surface area contributed by atoms with Crippen LogP contribution in [0.25, 0.3) is 11.1 Å². The summed E-state index contributed by atoms with van der Waals surface area (Å²) < 4.78 is 1.26. The van der Waals surface area contributed by atoms with Crippen LogP contribution in [-0.2, 0) is 0 Å². The molecule has 5 nitrogen and oxygen atoms in total. The molecule has 1 heterocycles. The molecular formula is C16H20N2O3. The highest BCUT2D eigenvalue weighted by atomic mass is 16.3. The van der Waals surface area contributed by atoms with Crippen LogP contribution in [0.2, 0.25) is 0 Å². The van der Waals surface area contributed by atoms with Crippen molar-refractivity contribution in [1.29, 1.82) is 0 Å². The van der Waals surface area contributed by atoms with Crippen LogP contribution in [0.3, 0.4) is 0 Å². The van der Waals surface area contributed by atoms with E-state index in [0.717, 1.165) is 6.42 Å². The first-order chi connectivity index (χ1) is 9.97. The van der Waals surface area contributed by atoms with E-state index in [1.165, 1.54) is 4.57 Å². The molecule has 0 saturated heterocycles. The zero-order valence-electron chi connectivity index (χ0n) is 12.5. The summed E-state index contributed by atoms with van der Waals surface area (Å²) in [7, 11) is 0. The fourth-order valence-electron chi connectivity index (χ4n) is 2.38. The van der Waals surface area contributed by atoms with Gasteiger partial charge in [0.15, 0.2) is 0 Å². The molecule has 1 aromatic heterocycles. The van der Waals surface area contributed by atoms with Crippen LogP contribution in [0, 0.1) is 5.92 Å². The Morgan fingerprint density at radius 3 is 2.38 bits per heavy atom. The van der Waals surface area contributed by atoms with Crippen LogP contribution in [0.1, 0.15) is 33.2 Å². The van der Waals surface area contributed by atoms with Crippen LogP contribution in [-0.4, -0.2) is 14.7 Å². The monoisotopic (exact) mass is 288 g/mol. The number of aromatic amines is 1. The van der Waals surface area contributed by atoms with E-state index in [0.29, 0.717) is 5.56 Å². The Kier molecular flexibility index (Phi) is 4.31. The maximum atomic E-state index is 12.1. The molecule has 0 aliphatic rings. The Balaban J connectivity index is 2.70. The number of benzene rings is 1. The van der Waals surface area contributed by atoms with Crippen molar-refractivity contribution in [3.05, 3.63) is 51.2 Å². The van der Waals surface area contributed by atoms with Crippen molar-refractivity contribution in [1.82, 2.24) is 9.55 Å². The van der Waals surface area contributed by atoms with E-state index in [9.17, 15) is 14.7 Å². The summed E-state index contributed by atoms with van der Waals surface area (Å²) in [6.07, 6.45) is 0.868. The molecule has 112 valence electrons. The van der Waals surface area contributed by atoms with E-state index in [1.807, 2.05) is 26.8 Å². The van der Waals surface area contributed by atoms with Crippen molar-refractivity contribution in [3.63, 3.8) is 0 Å². The highest BCUT2D eigenvalue weighted by molar-refractivity contribution is 5.67. The third-order valence-electron chi connectivity index (χ3n) is 4.06. The molecule has 2 unspecified atom stereocenters. The second kappa shape index (κ2) is 5.99. The fraction of sp³-hybridized carbons (Fsp3) is 0.375. The van der Waals surface area contributed by atoms with E-state index >= 15 is 0 Å². The van der Waals surface area contributed by atoms with Gasteiger partial charge in [0.1, 0.15) is 5.56 Å². The van der Waals surface area contributed by atoms with Gasteiger partial charge in [-0.05, 0) is 18.4 Å². The highest BCUT2D eigenvalue weighted by Crippen LogP contribution is 2.28. The van der Waals surface area contributed by atoms with Gasteiger partial charge in [0.25, 0.3) is 5.56 Å². The van der Waals surface area contributed by atoms with Crippen molar-refractivity contribution in [2.45, 2.75) is 33.2 Å². The third kappa shape index (κ3) is 2.77. The van der Waals surface area contributed by atoms with Crippen LogP contribution in [0.15, 0.2) is 39.9 Å². The lowest BCUT2D eigenvalue weighted by Crippen LogP contribution is -2.34. The largest absolute Gasteiger partial charge is 0.494 e. The van der Waals surface area contributed by atoms with E-state index in [2.05, 4.69) is 4.98 Å². The molecule has 0 radical (unpaired) electrons. The van der Waals surface area contributed by atoms with Gasteiger partial charge in [0.05, 0.1) is 0 Å². The number of hydrogen-bond donors (Lipinski definition) is 2. The third-order valence-corrected chi connectivity index (χ3v) is 4.06. The molecule has 0 bridgehead atoms. The summed E-state index contributed by atoms with van der Waals surface area (Å²) in [4.78, 5) is 26.4.